The summed E-state index contributed by atoms with van der Waals surface area (Å²) in [6, 6.07) is 22.6. The van der Waals surface area contributed by atoms with Gasteiger partial charge >= 0.3 is 11.9 Å². The fourth-order valence-corrected chi connectivity index (χ4v) is 3.01. The predicted molar refractivity (Wildman–Crippen MR) is 130 cm³/mol. The number of rotatable bonds is 12. The smallest absolute Gasteiger partial charge is 0.330 e. The standard InChI is InChI=1S/C28H24O7/c1-3-26(29)33-19-21(34-27(30)4-2)18-32-24-16-10-11-17-25(24)35-23-15-9-8-14-22(23)28(31)20-12-6-5-7-13-20/h3-17,21H,1-2,18-19H2. The molecule has 0 amide bonds. The zero-order valence-corrected chi connectivity index (χ0v) is 18.9. The monoisotopic (exact) mass is 472 g/mol. The van der Waals surface area contributed by atoms with Crippen LogP contribution in [0.25, 0.3) is 0 Å². The molecule has 0 N–H and O–H groups in total. The minimum atomic E-state index is -0.899. The zero-order valence-electron chi connectivity index (χ0n) is 18.9. The summed E-state index contributed by atoms with van der Waals surface area (Å²) in [5, 5.41) is 0. The van der Waals surface area contributed by atoms with Gasteiger partial charge in [-0.3, -0.25) is 4.79 Å². The van der Waals surface area contributed by atoms with Crippen LogP contribution in [0.1, 0.15) is 15.9 Å². The summed E-state index contributed by atoms with van der Waals surface area (Å²) >= 11 is 0. The second-order valence-corrected chi connectivity index (χ2v) is 7.15. The summed E-state index contributed by atoms with van der Waals surface area (Å²) in [6.07, 6.45) is 1.11. The van der Waals surface area contributed by atoms with Gasteiger partial charge in [0.15, 0.2) is 23.4 Å². The third-order valence-corrected chi connectivity index (χ3v) is 4.69. The van der Waals surface area contributed by atoms with Crippen molar-refractivity contribution in [1.82, 2.24) is 0 Å². The van der Waals surface area contributed by atoms with Gasteiger partial charge in [0.25, 0.3) is 0 Å². The SMILES string of the molecule is C=CC(=O)OCC(COc1ccccc1Oc1ccccc1C(=O)c1ccccc1)OC(=O)C=C. The molecule has 1 unspecified atom stereocenters. The van der Waals surface area contributed by atoms with Gasteiger partial charge in [0, 0.05) is 17.7 Å². The molecule has 0 spiro atoms. The maximum atomic E-state index is 13.0. The average molecular weight is 472 g/mol. The minimum Gasteiger partial charge on any atom is -0.486 e. The molecule has 0 aliphatic rings. The molecule has 0 fully saturated rings. The highest BCUT2D eigenvalue weighted by Crippen LogP contribution is 2.34. The number of para-hydroxylation sites is 3. The molecular weight excluding hydrogens is 448 g/mol. The Morgan fingerprint density at radius 3 is 2.00 bits per heavy atom. The number of esters is 2. The highest BCUT2D eigenvalue weighted by Gasteiger charge is 2.19. The van der Waals surface area contributed by atoms with Crippen molar-refractivity contribution >= 4 is 17.7 Å². The number of hydrogen-bond acceptors (Lipinski definition) is 7. The topological polar surface area (TPSA) is 88.1 Å². The Hall–Kier alpha value is -4.65. The van der Waals surface area contributed by atoms with Crippen molar-refractivity contribution in [2.75, 3.05) is 13.2 Å². The van der Waals surface area contributed by atoms with Crippen LogP contribution in [0.5, 0.6) is 17.2 Å². The van der Waals surface area contributed by atoms with E-state index in [0.717, 1.165) is 12.2 Å². The van der Waals surface area contributed by atoms with E-state index in [-0.39, 0.29) is 19.0 Å². The number of carbonyl (C=O) groups excluding carboxylic acids is 3. The quantitative estimate of drug-likeness (QED) is 0.210. The normalized spacial score (nSPS) is 11.0. The van der Waals surface area contributed by atoms with Crippen LogP contribution in [0.3, 0.4) is 0 Å². The van der Waals surface area contributed by atoms with Crippen LogP contribution >= 0.6 is 0 Å². The Bertz CT molecular complexity index is 1200. The molecule has 1 atom stereocenters. The maximum absolute atomic E-state index is 13.0. The van der Waals surface area contributed by atoms with Crippen LogP contribution in [-0.2, 0) is 19.1 Å². The van der Waals surface area contributed by atoms with Gasteiger partial charge in [0.1, 0.15) is 19.0 Å². The van der Waals surface area contributed by atoms with Gasteiger partial charge in [0.2, 0.25) is 0 Å². The fourth-order valence-electron chi connectivity index (χ4n) is 3.01. The van der Waals surface area contributed by atoms with E-state index in [4.69, 9.17) is 18.9 Å². The van der Waals surface area contributed by atoms with E-state index in [1.807, 2.05) is 6.07 Å². The summed E-state index contributed by atoms with van der Waals surface area (Å²) in [7, 11) is 0. The Morgan fingerprint density at radius 2 is 1.31 bits per heavy atom. The molecule has 0 bridgehead atoms. The molecule has 0 heterocycles. The molecule has 178 valence electrons. The van der Waals surface area contributed by atoms with Crippen LogP contribution in [-0.4, -0.2) is 37.0 Å². The van der Waals surface area contributed by atoms with E-state index in [9.17, 15) is 14.4 Å². The summed E-state index contributed by atoms with van der Waals surface area (Å²) in [4.78, 5) is 36.1. The highest BCUT2D eigenvalue weighted by atomic mass is 16.6. The summed E-state index contributed by atoms with van der Waals surface area (Å²) in [5.74, 6) is -0.493. The number of benzene rings is 3. The van der Waals surface area contributed by atoms with Crippen LogP contribution in [0.15, 0.2) is 104 Å². The molecule has 0 saturated heterocycles. The molecule has 0 aromatic heterocycles. The lowest BCUT2D eigenvalue weighted by Crippen LogP contribution is -2.30. The second-order valence-electron chi connectivity index (χ2n) is 7.15. The Balaban J connectivity index is 1.78. The lowest BCUT2D eigenvalue weighted by molar-refractivity contribution is -0.154. The van der Waals surface area contributed by atoms with Crippen molar-refractivity contribution in [2.45, 2.75) is 6.10 Å². The average Bonchev–Trinajstić information content (AvgIpc) is 2.91. The van der Waals surface area contributed by atoms with Crippen LogP contribution in [0.4, 0.5) is 0 Å². The van der Waals surface area contributed by atoms with E-state index < -0.39 is 18.0 Å². The van der Waals surface area contributed by atoms with Crippen LogP contribution in [0, 0.1) is 0 Å². The number of ether oxygens (including phenoxy) is 4. The van der Waals surface area contributed by atoms with Gasteiger partial charge < -0.3 is 18.9 Å². The number of ketones is 1. The molecule has 35 heavy (non-hydrogen) atoms. The third-order valence-electron chi connectivity index (χ3n) is 4.69. The fraction of sp³-hybridized carbons (Fsp3) is 0.107. The first-order valence-corrected chi connectivity index (χ1v) is 10.7. The van der Waals surface area contributed by atoms with E-state index in [0.29, 0.717) is 28.4 Å². The molecule has 3 aromatic carbocycles. The molecule has 0 aliphatic heterocycles. The third kappa shape index (κ3) is 7.17. The molecule has 0 radical (unpaired) electrons. The van der Waals surface area contributed by atoms with Gasteiger partial charge in [-0.15, -0.1) is 0 Å². The van der Waals surface area contributed by atoms with Gasteiger partial charge in [-0.25, -0.2) is 9.59 Å². The largest absolute Gasteiger partial charge is 0.486 e. The first-order valence-electron chi connectivity index (χ1n) is 10.7. The van der Waals surface area contributed by atoms with Crippen molar-refractivity contribution < 1.29 is 33.3 Å². The van der Waals surface area contributed by atoms with E-state index in [1.165, 1.54) is 0 Å². The van der Waals surface area contributed by atoms with Crippen LogP contribution in [0.2, 0.25) is 0 Å². The second kappa shape index (κ2) is 12.6. The lowest BCUT2D eigenvalue weighted by Gasteiger charge is -2.19. The van der Waals surface area contributed by atoms with Crippen molar-refractivity contribution in [1.29, 1.82) is 0 Å². The van der Waals surface area contributed by atoms with Crippen molar-refractivity contribution in [3.63, 3.8) is 0 Å². The van der Waals surface area contributed by atoms with Gasteiger partial charge in [0.05, 0.1) is 5.56 Å². The Labute approximate surface area is 203 Å². The summed E-state index contributed by atoms with van der Waals surface area (Å²) in [6.45, 7) is 6.33. The summed E-state index contributed by atoms with van der Waals surface area (Å²) < 4.78 is 22.1. The molecule has 0 aliphatic carbocycles. The van der Waals surface area contributed by atoms with Crippen molar-refractivity contribution in [3.05, 3.63) is 115 Å². The van der Waals surface area contributed by atoms with Crippen LogP contribution < -0.4 is 9.47 Å². The van der Waals surface area contributed by atoms with E-state index in [2.05, 4.69) is 13.2 Å². The molecular formula is C28H24O7. The molecule has 7 heteroatoms. The first kappa shape index (κ1) is 25.0. The van der Waals surface area contributed by atoms with Gasteiger partial charge in [-0.1, -0.05) is 67.8 Å². The van der Waals surface area contributed by atoms with E-state index in [1.54, 1.807) is 72.8 Å². The number of carbonyl (C=O) groups is 3. The number of hydrogen-bond donors (Lipinski definition) is 0. The predicted octanol–water partition coefficient (Wildman–Crippen LogP) is 4.92. The Kier molecular flexibility index (Phi) is 8.96. The molecule has 0 saturated carbocycles. The van der Waals surface area contributed by atoms with Gasteiger partial charge in [-0.05, 0) is 24.3 Å². The minimum absolute atomic E-state index is 0.130. The first-order chi connectivity index (χ1) is 17.0. The highest BCUT2D eigenvalue weighted by molar-refractivity contribution is 6.10. The zero-order chi connectivity index (χ0) is 25.0. The van der Waals surface area contributed by atoms with E-state index >= 15 is 0 Å². The molecule has 3 aromatic rings. The van der Waals surface area contributed by atoms with Crippen molar-refractivity contribution in [3.8, 4) is 17.2 Å². The Morgan fingerprint density at radius 1 is 0.714 bits per heavy atom. The van der Waals surface area contributed by atoms with Crippen molar-refractivity contribution in [2.24, 2.45) is 0 Å². The van der Waals surface area contributed by atoms with Gasteiger partial charge in [-0.2, -0.15) is 0 Å². The lowest BCUT2D eigenvalue weighted by atomic mass is 10.0. The maximum Gasteiger partial charge on any atom is 0.330 e. The molecule has 7 nitrogen and oxygen atoms in total. The summed E-state index contributed by atoms with van der Waals surface area (Å²) in [5.41, 5.74) is 0.927. The molecule has 3 rings (SSSR count).